The first-order valence-corrected chi connectivity index (χ1v) is 6.47. The Kier molecular flexibility index (Phi) is 4.68. The highest BCUT2D eigenvalue weighted by Gasteiger charge is 2.33. The molecule has 9 heteroatoms. The molecule has 0 unspecified atom stereocenters. The molecular formula is C13H15N3O6. The number of phenolic OH excluding ortho intramolecular Hbond substituents is 1. The van der Waals surface area contributed by atoms with E-state index in [-0.39, 0.29) is 23.4 Å². The molecule has 1 saturated heterocycles. The zero-order valence-electron chi connectivity index (χ0n) is 11.8. The van der Waals surface area contributed by atoms with Crippen LogP contribution in [0, 0.1) is 10.1 Å². The van der Waals surface area contributed by atoms with Crippen molar-refractivity contribution in [2.75, 3.05) is 13.2 Å². The first-order chi connectivity index (χ1) is 10.4. The van der Waals surface area contributed by atoms with Crippen molar-refractivity contribution in [2.24, 2.45) is 5.10 Å². The number of amides is 1. The summed E-state index contributed by atoms with van der Waals surface area (Å²) in [5.41, 5.74) is 2.18. The van der Waals surface area contributed by atoms with E-state index in [1.54, 1.807) is 6.92 Å². The van der Waals surface area contributed by atoms with Crippen LogP contribution < -0.4 is 5.43 Å². The number of ether oxygens (including phenoxy) is 2. The molecule has 0 aromatic heterocycles. The van der Waals surface area contributed by atoms with E-state index in [2.05, 4.69) is 10.5 Å². The number of phenols is 1. The SMILES string of the molecule is CC1(CC(=O)N/N=C\c2cc([N+](=O)[O-])ccc2O)OCCO1. The van der Waals surface area contributed by atoms with Crippen LogP contribution >= 0.6 is 0 Å². The van der Waals surface area contributed by atoms with Crippen LogP contribution in [-0.4, -0.2) is 41.2 Å². The molecule has 1 heterocycles. The number of hydrogen-bond acceptors (Lipinski definition) is 7. The molecule has 0 atom stereocenters. The molecule has 1 aromatic carbocycles. The third kappa shape index (κ3) is 3.99. The number of carbonyl (C=O) groups excluding carboxylic acids is 1. The first-order valence-electron chi connectivity index (χ1n) is 6.47. The smallest absolute Gasteiger partial charge is 0.270 e. The summed E-state index contributed by atoms with van der Waals surface area (Å²) in [6, 6.07) is 3.50. The fourth-order valence-corrected chi connectivity index (χ4v) is 1.92. The van der Waals surface area contributed by atoms with Crippen LogP contribution in [0.4, 0.5) is 5.69 Å². The lowest BCUT2D eigenvalue weighted by molar-refractivity contribution is -0.384. The van der Waals surface area contributed by atoms with Gasteiger partial charge in [0.05, 0.1) is 30.8 Å². The van der Waals surface area contributed by atoms with Gasteiger partial charge >= 0.3 is 0 Å². The van der Waals surface area contributed by atoms with Crippen molar-refractivity contribution in [3.8, 4) is 5.75 Å². The predicted octanol–water partition coefficient (Wildman–Crippen LogP) is 0.904. The van der Waals surface area contributed by atoms with Gasteiger partial charge in [-0.3, -0.25) is 14.9 Å². The molecule has 1 fully saturated rings. The monoisotopic (exact) mass is 309 g/mol. The molecule has 0 radical (unpaired) electrons. The van der Waals surface area contributed by atoms with Crippen LogP contribution in [0.25, 0.3) is 0 Å². The van der Waals surface area contributed by atoms with Gasteiger partial charge in [-0.05, 0) is 13.0 Å². The number of nitro benzene ring substituents is 1. The molecule has 2 N–H and O–H groups in total. The Labute approximate surface area is 125 Å². The Morgan fingerprint density at radius 3 is 2.86 bits per heavy atom. The molecule has 1 aliphatic rings. The van der Waals surface area contributed by atoms with Gasteiger partial charge in [-0.25, -0.2) is 5.43 Å². The normalized spacial score (nSPS) is 16.8. The fourth-order valence-electron chi connectivity index (χ4n) is 1.92. The van der Waals surface area contributed by atoms with Crippen LogP contribution in [-0.2, 0) is 14.3 Å². The summed E-state index contributed by atoms with van der Waals surface area (Å²) in [7, 11) is 0. The molecule has 0 aliphatic carbocycles. The van der Waals surface area contributed by atoms with Gasteiger partial charge < -0.3 is 14.6 Å². The number of hydrogen-bond donors (Lipinski definition) is 2. The zero-order chi connectivity index (χ0) is 16.2. The summed E-state index contributed by atoms with van der Waals surface area (Å²) in [5.74, 6) is -1.59. The molecule has 1 amide bonds. The molecule has 118 valence electrons. The third-order valence-electron chi connectivity index (χ3n) is 2.99. The highest BCUT2D eigenvalue weighted by molar-refractivity contribution is 5.86. The van der Waals surface area contributed by atoms with Crippen LogP contribution in [0.5, 0.6) is 5.75 Å². The average molecular weight is 309 g/mol. The van der Waals surface area contributed by atoms with Crippen LogP contribution in [0.1, 0.15) is 18.9 Å². The maximum Gasteiger partial charge on any atom is 0.270 e. The Balaban J connectivity index is 1.96. The molecule has 9 nitrogen and oxygen atoms in total. The van der Waals surface area contributed by atoms with Crippen molar-refractivity contribution in [1.82, 2.24) is 5.43 Å². The maximum absolute atomic E-state index is 11.7. The number of nitro groups is 1. The molecular weight excluding hydrogens is 294 g/mol. The number of nitrogens with one attached hydrogen (secondary N) is 1. The molecule has 0 bridgehead atoms. The van der Waals surface area contributed by atoms with Gasteiger partial charge in [0, 0.05) is 17.7 Å². The minimum absolute atomic E-state index is 0.0364. The summed E-state index contributed by atoms with van der Waals surface area (Å²) >= 11 is 0. The van der Waals surface area contributed by atoms with E-state index >= 15 is 0 Å². The highest BCUT2D eigenvalue weighted by atomic mass is 16.7. The lowest BCUT2D eigenvalue weighted by atomic mass is 10.2. The minimum atomic E-state index is -0.965. The Morgan fingerprint density at radius 1 is 1.55 bits per heavy atom. The van der Waals surface area contributed by atoms with E-state index in [0.717, 1.165) is 12.3 Å². The molecule has 1 aromatic rings. The molecule has 0 spiro atoms. The molecule has 0 saturated carbocycles. The van der Waals surface area contributed by atoms with Gasteiger partial charge in [-0.15, -0.1) is 0 Å². The topological polar surface area (TPSA) is 123 Å². The number of aromatic hydroxyl groups is 1. The summed E-state index contributed by atoms with van der Waals surface area (Å²) < 4.78 is 10.6. The lowest BCUT2D eigenvalue weighted by Crippen LogP contribution is -2.33. The predicted molar refractivity (Wildman–Crippen MR) is 75.4 cm³/mol. The second kappa shape index (κ2) is 6.50. The van der Waals surface area contributed by atoms with Crippen LogP contribution in [0.2, 0.25) is 0 Å². The van der Waals surface area contributed by atoms with Gasteiger partial charge in [0.25, 0.3) is 5.69 Å². The van der Waals surface area contributed by atoms with Crippen LogP contribution in [0.15, 0.2) is 23.3 Å². The largest absolute Gasteiger partial charge is 0.507 e. The van der Waals surface area contributed by atoms with Gasteiger partial charge in [0.15, 0.2) is 5.79 Å². The number of benzene rings is 1. The number of hydrazone groups is 1. The summed E-state index contributed by atoms with van der Waals surface area (Å²) in [4.78, 5) is 21.8. The van der Waals surface area contributed by atoms with E-state index in [9.17, 15) is 20.0 Å². The van der Waals surface area contributed by atoms with Gasteiger partial charge in [0.1, 0.15) is 5.75 Å². The number of non-ortho nitro benzene ring substituents is 1. The van der Waals surface area contributed by atoms with E-state index < -0.39 is 16.6 Å². The van der Waals surface area contributed by atoms with Gasteiger partial charge in [0.2, 0.25) is 5.91 Å². The van der Waals surface area contributed by atoms with Crippen molar-refractivity contribution >= 4 is 17.8 Å². The van der Waals surface area contributed by atoms with Gasteiger partial charge in [-0.2, -0.15) is 5.10 Å². The van der Waals surface area contributed by atoms with Crippen molar-refractivity contribution in [2.45, 2.75) is 19.1 Å². The van der Waals surface area contributed by atoms with E-state index in [0.29, 0.717) is 13.2 Å². The second-order valence-electron chi connectivity index (χ2n) is 4.80. The van der Waals surface area contributed by atoms with E-state index in [1.165, 1.54) is 12.1 Å². The summed E-state index contributed by atoms with van der Waals surface area (Å²) in [6.45, 7) is 2.50. The number of carbonyl (C=O) groups is 1. The maximum atomic E-state index is 11.7. The quantitative estimate of drug-likeness (QED) is 0.473. The lowest BCUT2D eigenvalue weighted by Gasteiger charge is -2.20. The first kappa shape index (κ1) is 15.9. The van der Waals surface area contributed by atoms with E-state index in [1.807, 2.05) is 0 Å². The molecule has 1 aliphatic heterocycles. The zero-order valence-corrected chi connectivity index (χ0v) is 11.8. The van der Waals surface area contributed by atoms with Crippen molar-refractivity contribution in [3.63, 3.8) is 0 Å². The molecule has 2 rings (SSSR count). The van der Waals surface area contributed by atoms with Crippen molar-refractivity contribution < 1.29 is 24.3 Å². The standard InChI is InChI=1S/C13H15N3O6/c1-13(21-4-5-22-13)7-12(18)15-14-8-9-6-10(16(19)20)2-3-11(9)17/h2-3,6,8,17H,4-5,7H2,1H3,(H,15,18)/b14-8-. The summed E-state index contributed by atoms with van der Waals surface area (Å²) in [5, 5.41) is 23.9. The number of nitrogens with zero attached hydrogens (tertiary/aromatic N) is 2. The minimum Gasteiger partial charge on any atom is -0.507 e. The van der Waals surface area contributed by atoms with Crippen LogP contribution in [0.3, 0.4) is 0 Å². The van der Waals surface area contributed by atoms with Gasteiger partial charge in [-0.1, -0.05) is 0 Å². The summed E-state index contributed by atoms with van der Waals surface area (Å²) in [6.07, 6.45) is 1.09. The highest BCUT2D eigenvalue weighted by Crippen LogP contribution is 2.22. The molecule has 22 heavy (non-hydrogen) atoms. The fraction of sp³-hybridized carbons (Fsp3) is 0.385. The Hall–Kier alpha value is -2.52. The average Bonchev–Trinajstić information content (AvgIpc) is 2.86. The van der Waals surface area contributed by atoms with E-state index in [4.69, 9.17) is 9.47 Å². The van der Waals surface area contributed by atoms with Crippen molar-refractivity contribution in [1.29, 1.82) is 0 Å². The Bertz CT molecular complexity index is 610. The number of rotatable bonds is 5. The Morgan fingerprint density at radius 2 is 2.23 bits per heavy atom. The van der Waals surface area contributed by atoms with Crippen molar-refractivity contribution in [3.05, 3.63) is 33.9 Å². The third-order valence-corrected chi connectivity index (χ3v) is 2.99. The second-order valence-corrected chi connectivity index (χ2v) is 4.80.